The lowest BCUT2D eigenvalue weighted by molar-refractivity contribution is 0.455. The van der Waals surface area contributed by atoms with E-state index < -0.39 is 7.44 Å². The van der Waals surface area contributed by atoms with Crippen molar-refractivity contribution in [3.8, 4) is 0 Å². The minimum Gasteiger partial charge on any atom is -0.284 e. The molecule has 0 spiro atoms. The second-order valence-corrected chi connectivity index (χ2v) is 7.39. The van der Waals surface area contributed by atoms with Gasteiger partial charge in [0.1, 0.15) is 4.49 Å². The molecular formula is C7H15Cl2N2OP. The Labute approximate surface area is 89.8 Å². The fourth-order valence-electron chi connectivity index (χ4n) is 1.07. The summed E-state index contributed by atoms with van der Waals surface area (Å²) in [6.07, 6.45) is 0. The SMILES string of the molecule is CC(=C(Cl)Cl)P(=O)(N(C)C)N(C)C. The van der Waals surface area contributed by atoms with Crippen LogP contribution in [0.4, 0.5) is 0 Å². The maximum absolute atomic E-state index is 12.4. The Hall–Kier alpha value is 0.470. The maximum atomic E-state index is 12.4. The number of hydrogen-bond donors (Lipinski definition) is 0. The Balaban J connectivity index is 5.30. The van der Waals surface area contributed by atoms with E-state index >= 15 is 0 Å². The first-order chi connectivity index (χ1) is 5.74. The summed E-state index contributed by atoms with van der Waals surface area (Å²) in [4.78, 5) is 0. The highest BCUT2D eigenvalue weighted by molar-refractivity contribution is 7.63. The molecule has 0 N–H and O–H groups in total. The van der Waals surface area contributed by atoms with Crippen LogP contribution in [0.15, 0.2) is 9.81 Å². The van der Waals surface area contributed by atoms with Gasteiger partial charge < -0.3 is 0 Å². The molecule has 0 saturated carbocycles. The summed E-state index contributed by atoms with van der Waals surface area (Å²) in [6, 6.07) is 0. The monoisotopic (exact) mass is 244 g/mol. The summed E-state index contributed by atoms with van der Waals surface area (Å²) in [7, 11) is 4.22. The van der Waals surface area contributed by atoms with Crippen molar-refractivity contribution in [1.82, 2.24) is 9.34 Å². The molecule has 0 heterocycles. The highest BCUT2D eigenvalue weighted by atomic mass is 35.5. The fourth-order valence-corrected chi connectivity index (χ4v) is 3.86. The van der Waals surface area contributed by atoms with E-state index in [1.165, 1.54) is 0 Å². The lowest BCUT2D eigenvalue weighted by atomic mass is 10.7. The van der Waals surface area contributed by atoms with E-state index in [-0.39, 0.29) is 4.49 Å². The number of hydrogen-bond acceptors (Lipinski definition) is 1. The van der Waals surface area contributed by atoms with E-state index in [4.69, 9.17) is 23.2 Å². The van der Waals surface area contributed by atoms with Crippen molar-refractivity contribution in [1.29, 1.82) is 0 Å². The van der Waals surface area contributed by atoms with Crippen LogP contribution in [0.2, 0.25) is 0 Å². The molecule has 0 fully saturated rings. The summed E-state index contributed by atoms with van der Waals surface area (Å²) in [5.41, 5.74) is 0. The largest absolute Gasteiger partial charge is 0.284 e. The first-order valence-corrected chi connectivity index (χ1v) is 6.09. The summed E-state index contributed by atoms with van der Waals surface area (Å²) in [6.45, 7) is 1.68. The van der Waals surface area contributed by atoms with Gasteiger partial charge in [0.15, 0.2) is 0 Å². The predicted molar refractivity (Wildman–Crippen MR) is 59.4 cm³/mol. The molecule has 3 nitrogen and oxygen atoms in total. The van der Waals surface area contributed by atoms with Crippen LogP contribution in [0, 0.1) is 0 Å². The van der Waals surface area contributed by atoms with Gasteiger partial charge in [-0.3, -0.25) is 4.57 Å². The molecule has 0 saturated heterocycles. The minimum absolute atomic E-state index is 0.0748. The average Bonchev–Trinajstić information content (AvgIpc) is 2.00. The number of nitrogens with zero attached hydrogens (tertiary/aromatic N) is 2. The lowest BCUT2D eigenvalue weighted by Gasteiger charge is -2.31. The molecule has 6 heteroatoms. The second kappa shape index (κ2) is 4.81. The molecule has 0 bridgehead atoms. The average molecular weight is 245 g/mol. The van der Waals surface area contributed by atoms with Crippen LogP contribution in [0.25, 0.3) is 0 Å². The molecule has 0 unspecified atom stereocenters. The molecular weight excluding hydrogens is 230 g/mol. The Morgan fingerprint density at radius 3 is 1.46 bits per heavy atom. The smallest absolute Gasteiger partial charge is 0.242 e. The van der Waals surface area contributed by atoms with E-state index in [0.29, 0.717) is 5.31 Å². The van der Waals surface area contributed by atoms with E-state index in [1.54, 1.807) is 44.5 Å². The van der Waals surface area contributed by atoms with Gasteiger partial charge in [0.25, 0.3) is 0 Å². The molecule has 13 heavy (non-hydrogen) atoms. The molecule has 78 valence electrons. The zero-order valence-electron chi connectivity index (χ0n) is 8.51. The van der Waals surface area contributed by atoms with Gasteiger partial charge in [-0.1, -0.05) is 23.2 Å². The first-order valence-electron chi connectivity index (χ1n) is 3.72. The molecule has 0 aliphatic carbocycles. The van der Waals surface area contributed by atoms with E-state index in [2.05, 4.69) is 0 Å². The highest BCUT2D eigenvalue weighted by Gasteiger charge is 2.31. The van der Waals surface area contributed by atoms with Crippen molar-refractivity contribution in [2.24, 2.45) is 0 Å². The molecule has 0 rings (SSSR count). The zero-order chi connectivity index (χ0) is 10.8. The third-order valence-corrected chi connectivity index (χ3v) is 5.89. The fraction of sp³-hybridized carbons (Fsp3) is 0.714. The molecule has 0 radical (unpaired) electrons. The van der Waals surface area contributed by atoms with Crippen molar-refractivity contribution in [2.75, 3.05) is 28.2 Å². The van der Waals surface area contributed by atoms with Crippen molar-refractivity contribution < 1.29 is 4.57 Å². The molecule has 0 aliphatic rings. The van der Waals surface area contributed by atoms with Crippen molar-refractivity contribution >= 4 is 30.6 Å². The molecule has 0 aromatic carbocycles. The quantitative estimate of drug-likeness (QED) is 0.714. The van der Waals surface area contributed by atoms with Gasteiger partial charge in [0.2, 0.25) is 7.44 Å². The second-order valence-electron chi connectivity index (χ2n) is 3.08. The number of rotatable bonds is 3. The Morgan fingerprint density at radius 2 is 1.38 bits per heavy atom. The minimum atomic E-state index is -2.73. The van der Waals surface area contributed by atoms with Crippen molar-refractivity contribution in [2.45, 2.75) is 6.92 Å². The van der Waals surface area contributed by atoms with Crippen LogP contribution in [-0.4, -0.2) is 37.5 Å². The van der Waals surface area contributed by atoms with Gasteiger partial charge in [-0.05, 0) is 35.1 Å². The molecule has 0 aliphatic heterocycles. The van der Waals surface area contributed by atoms with Crippen LogP contribution in [0.3, 0.4) is 0 Å². The molecule has 0 amide bonds. The summed E-state index contributed by atoms with van der Waals surface area (Å²) in [5, 5.41) is 0.505. The van der Waals surface area contributed by atoms with Crippen LogP contribution >= 0.6 is 30.6 Å². The Morgan fingerprint density at radius 1 is 1.08 bits per heavy atom. The van der Waals surface area contributed by atoms with Gasteiger partial charge in [-0.15, -0.1) is 0 Å². The topological polar surface area (TPSA) is 23.6 Å². The summed E-state index contributed by atoms with van der Waals surface area (Å²) >= 11 is 11.2. The summed E-state index contributed by atoms with van der Waals surface area (Å²) < 4.78 is 15.7. The van der Waals surface area contributed by atoms with Gasteiger partial charge >= 0.3 is 0 Å². The van der Waals surface area contributed by atoms with Crippen LogP contribution in [-0.2, 0) is 4.57 Å². The number of allylic oxidation sites excluding steroid dienone is 1. The lowest BCUT2D eigenvalue weighted by Crippen LogP contribution is -2.21. The summed E-state index contributed by atoms with van der Waals surface area (Å²) in [5.74, 6) is 0. The van der Waals surface area contributed by atoms with Crippen LogP contribution in [0.1, 0.15) is 6.92 Å². The highest BCUT2D eigenvalue weighted by Crippen LogP contribution is 2.58. The Kier molecular flexibility index (Phi) is 4.98. The standard InChI is InChI=1S/C7H15Cl2N2OP/c1-6(7(8)9)13(12,10(2)3)11(4)5/h1-5H3. The predicted octanol–water partition coefficient (Wildman–Crippen LogP) is 2.97. The van der Waals surface area contributed by atoms with Crippen LogP contribution in [0.5, 0.6) is 0 Å². The third-order valence-electron chi connectivity index (χ3n) is 1.79. The normalized spacial score (nSPS) is 12.4. The van der Waals surface area contributed by atoms with Crippen molar-refractivity contribution in [3.05, 3.63) is 9.81 Å². The van der Waals surface area contributed by atoms with Gasteiger partial charge in [-0.25, -0.2) is 9.34 Å². The van der Waals surface area contributed by atoms with Crippen LogP contribution < -0.4 is 0 Å². The zero-order valence-corrected chi connectivity index (χ0v) is 10.9. The molecule has 0 atom stereocenters. The van der Waals surface area contributed by atoms with E-state index in [1.807, 2.05) is 0 Å². The number of halogens is 2. The van der Waals surface area contributed by atoms with Gasteiger partial charge in [0.05, 0.1) is 0 Å². The van der Waals surface area contributed by atoms with E-state index in [9.17, 15) is 4.57 Å². The molecule has 0 aromatic heterocycles. The van der Waals surface area contributed by atoms with Gasteiger partial charge in [0, 0.05) is 5.31 Å². The third kappa shape index (κ3) is 2.71. The maximum Gasteiger partial charge on any atom is 0.242 e. The molecule has 0 aromatic rings. The Bertz CT molecular complexity index is 247. The van der Waals surface area contributed by atoms with Gasteiger partial charge in [-0.2, -0.15) is 0 Å². The first kappa shape index (κ1) is 13.5. The van der Waals surface area contributed by atoms with Crippen molar-refractivity contribution in [3.63, 3.8) is 0 Å². The van der Waals surface area contributed by atoms with E-state index in [0.717, 1.165) is 0 Å².